The van der Waals surface area contributed by atoms with Crippen molar-refractivity contribution < 1.29 is 19.1 Å². The molecule has 0 radical (unpaired) electrons. The van der Waals surface area contributed by atoms with Gasteiger partial charge in [-0.3, -0.25) is 14.9 Å². The molecule has 1 aromatic heterocycles. The van der Waals surface area contributed by atoms with Crippen molar-refractivity contribution in [1.29, 1.82) is 0 Å². The molecule has 2 N–H and O–H groups in total. The number of rotatable bonds is 3. The van der Waals surface area contributed by atoms with Gasteiger partial charge in [-0.25, -0.2) is 9.78 Å². The highest BCUT2D eigenvalue weighted by molar-refractivity contribution is 6.39. The highest BCUT2D eigenvalue weighted by Gasteiger charge is 2.36. The van der Waals surface area contributed by atoms with Gasteiger partial charge in [-0.15, -0.1) is 0 Å². The summed E-state index contributed by atoms with van der Waals surface area (Å²) in [5, 5.41) is 5.25. The number of pyridine rings is 1. The average molecular weight is 453 g/mol. The molecule has 0 aliphatic carbocycles. The lowest BCUT2D eigenvalue weighted by molar-refractivity contribution is -0.148. The molecule has 176 valence electrons. The van der Waals surface area contributed by atoms with E-state index < -0.39 is 23.5 Å². The molecule has 1 saturated heterocycles. The van der Waals surface area contributed by atoms with Crippen molar-refractivity contribution >= 4 is 29.4 Å². The summed E-state index contributed by atoms with van der Waals surface area (Å²) in [6.45, 7) is 9.04. The molecule has 0 unspecified atom stereocenters. The molecular weight excluding hydrogens is 420 g/mol. The molecule has 33 heavy (non-hydrogen) atoms. The first-order valence-electron chi connectivity index (χ1n) is 11.2. The van der Waals surface area contributed by atoms with E-state index in [4.69, 9.17) is 4.74 Å². The van der Waals surface area contributed by atoms with E-state index in [2.05, 4.69) is 15.6 Å². The maximum atomic E-state index is 13.1. The SMILES string of the molecule is Cc1cc(NC(=O)C(=O)N2[C@H](C)CCC[C@@H]2c2ccccc2)cnc1NC(=O)OC(C)(C)C. The van der Waals surface area contributed by atoms with Crippen molar-refractivity contribution in [3.63, 3.8) is 0 Å². The number of ether oxygens (including phenoxy) is 1. The van der Waals surface area contributed by atoms with Gasteiger partial charge in [-0.2, -0.15) is 0 Å². The quantitative estimate of drug-likeness (QED) is 0.651. The number of nitrogens with zero attached hydrogens (tertiary/aromatic N) is 2. The summed E-state index contributed by atoms with van der Waals surface area (Å²) in [4.78, 5) is 43.9. The molecular formula is C25H32N4O4. The molecule has 3 rings (SSSR count). The first kappa shape index (κ1) is 24.2. The van der Waals surface area contributed by atoms with Gasteiger partial charge in [0.05, 0.1) is 17.9 Å². The van der Waals surface area contributed by atoms with E-state index in [-0.39, 0.29) is 12.1 Å². The number of aromatic nitrogens is 1. The number of carbonyl (C=O) groups is 3. The van der Waals surface area contributed by atoms with Crippen LogP contribution >= 0.6 is 0 Å². The van der Waals surface area contributed by atoms with Gasteiger partial charge in [0.2, 0.25) is 0 Å². The molecule has 8 heteroatoms. The predicted molar refractivity (Wildman–Crippen MR) is 127 cm³/mol. The highest BCUT2D eigenvalue weighted by Crippen LogP contribution is 2.34. The average Bonchev–Trinajstić information content (AvgIpc) is 2.74. The van der Waals surface area contributed by atoms with Crippen LogP contribution in [0.25, 0.3) is 0 Å². The van der Waals surface area contributed by atoms with Gasteiger partial charge in [0.15, 0.2) is 0 Å². The maximum absolute atomic E-state index is 13.1. The van der Waals surface area contributed by atoms with Crippen LogP contribution in [0.5, 0.6) is 0 Å². The molecule has 0 bridgehead atoms. The number of nitrogens with one attached hydrogen (secondary N) is 2. The number of carbonyl (C=O) groups excluding carboxylic acids is 3. The molecule has 1 aliphatic heterocycles. The zero-order valence-corrected chi connectivity index (χ0v) is 19.8. The Balaban J connectivity index is 1.70. The molecule has 1 aliphatic rings. The zero-order valence-electron chi connectivity index (χ0n) is 19.8. The van der Waals surface area contributed by atoms with E-state index in [0.29, 0.717) is 17.1 Å². The second-order valence-electron chi connectivity index (χ2n) is 9.39. The van der Waals surface area contributed by atoms with E-state index >= 15 is 0 Å². The lowest BCUT2D eigenvalue weighted by Gasteiger charge is -2.40. The van der Waals surface area contributed by atoms with Crippen LogP contribution in [0.15, 0.2) is 42.6 Å². The standard InChI is InChI=1S/C25H32N4O4/c1-16-14-19(15-26-21(16)28-24(32)33-25(3,4)5)27-22(30)23(31)29-17(2)10-9-13-20(29)18-11-7-6-8-12-18/h6-8,11-12,14-15,17,20H,9-10,13H2,1-5H3,(H,27,30)(H,26,28,32)/t17-,20-/m1/s1. The number of piperidine rings is 1. The van der Waals surface area contributed by atoms with Crippen molar-refractivity contribution in [2.75, 3.05) is 10.6 Å². The molecule has 2 heterocycles. The second kappa shape index (κ2) is 10.0. The number of hydrogen-bond acceptors (Lipinski definition) is 5. The summed E-state index contributed by atoms with van der Waals surface area (Å²) in [6.07, 6.45) is 3.46. The third-order valence-corrected chi connectivity index (χ3v) is 5.48. The summed E-state index contributed by atoms with van der Waals surface area (Å²) in [5.41, 5.74) is 1.40. The van der Waals surface area contributed by atoms with Crippen molar-refractivity contribution in [3.8, 4) is 0 Å². The van der Waals surface area contributed by atoms with Crippen LogP contribution in [0.2, 0.25) is 0 Å². The Morgan fingerprint density at radius 3 is 2.42 bits per heavy atom. The van der Waals surface area contributed by atoms with Gasteiger partial charge >= 0.3 is 17.9 Å². The normalized spacial score (nSPS) is 18.4. The van der Waals surface area contributed by atoms with Crippen LogP contribution in [-0.4, -0.2) is 39.4 Å². The largest absolute Gasteiger partial charge is 0.444 e. The van der Waals surface area contributed by atoms with Gasteiger partial charge in [-0.05, 0) is 71.1 Å². The molecule has 3 amide bonds. The van der Waals surface area contributed by atoms with E-state index in [1.165, 1.54) is 6.20 Å². The van der Waals surface area contributed by atoms with Gasteiger partial charge in [0.1, 0.15) is 11.4 Å². The minimum absolute atomic E-state index is 0.0394. The van der Waals surface area contributed by atoms with Crippen LogP contribution in [0.1, 0.15) is 64.1 Å². The lowest BCUT2D eigenvalue weighted by atomic mass is 9.91. The smallest absolute Gasteiger partial charge is 0.413 e. The molecule has 0 spiro atoms. The third-order valence-electron chi connectivity index (χ3n) is 5.48. The summed E-state index contributed by atoms with van der Waals surface area (Å²) in [7, 11) is 0. The van der Waals surface area contributed by atoms with Crippen molar-refractivity contribution in [3.05, 3.63) is 53.7 Å². The molecule has 2 aromatic rings. The summed E-state index contributed by atoms with van der Waals surface area (Å²) in [6, 6.07) is 11.3. The van der Waals surface area contributed by atoms with Gasteiger partial charge in [0, 0.05) is 6.04 Å². The molecule has 2 atom stereocenters. The Bertz CT molecular complexity index is 1020. The summed E-state index contributed by atoms with van der Waals surface area (Å²) >= 11 is 0. The van der Waals surface area contributed by atoms with Crippen molar-refractivity contribution in [1.82, 2.24) is 9.88 Å². The maximum Gasteiger partial charge on any atom is 0.413 e. The molecule has 1 aromatic carbocycles. The van der Waals surface area contributed by atoms with Gasteiger partial charge in [-0.1, -0.05) is 30.3 Å². The number of likely N-dealkylation sites (tertiary alicyclic amines) is 1. The fourth-order valence-electron chi connectivity index (χ4n) is 4.01. The number of hydrogen-bond donors (Lipinski definition) is 2. The van der Waals surface area contributed by atoms with Crippen LogP contribution in [0, 0.1) is 6.92 Å². The van der Waals surface area contributed by atoms with Crippen LogP contribution in [-0.2, 0) is 14.3 Å². The first-order valence-corrected chi connectivity index (χ1v) is 11.2. The van der Waals surface area contributed by atoms with Gasteiger partial charge in [0.25, 0.3) is 0 Å². The Labute approximate surface area is 194 Å². The first-order chi connectivity index (χ1) is 15.5. The Kier molecular flexibility index (Phi) is 7.36. The van der Waals surface area contributed by atoms with Crippen LogP contribution in [0.4, 0.5) is 16.3 Å². The number of aryl methyl sites for hydroxylation is 1. The fourth-order valence-corrected chi connectivity index (χ4v) is 4.01. The minimum atomic E-state index is -0.710. The highest BCUT2D eigenvalue weighted by atomic mass is 16.6. The second-order valence-corrected chi connectivity index (χ2v) is 9.39. The molecule has 1 fully saturated rings. The van der Waals surface area contributed by atoms with Crippen molar-refractivity contribution in [2.24, 2.45) is 0 Å². The van der Waals surface area contributed by atoms with E-state index in [0.717, 1.165) is 24.8 Å². The number of anilines is 2. The van der Waals surface area contributed by atoms with E-state index in [9.17, 15) is 14.4 Å². The van der Waals surface area contributed by atoms with Crippen LogP contribution in [0.3, 0.4) is 0 Å². The summed E-state index contributed by atoms with van der Waals surface area (Å²) < 4.78 is 5.24. The van der Waals surface area contributed by atoms with E-state index in [1.807, 2.05) is 37.3 Å². The fraction of sp³-hybridized carbons (Fsp3) is 0.440. The minimum Gasteiger partial charge on any atom is -0.444 e. The molecule has 8 nitrogen and oxygen atoms in total. The Morgan fingerprint density at radius 2 is 1.79 bits per heavy atom. The Hall–Kier alpha value is -3.42. The monoisotopic (exact) mass is 452 g/mol. The third kappa shape index (κ3) is 6.31. The predicted octanol–water partition coefficient (Wildman–Crippen LogP) is 4.82. The summed E-state index contributed by atoms with van der Waals surface area (Å²) in [5.74, 6) is -0.953. The topological polar surface area (TPSA) is 101 Å². The van der Waals surface area contributed by atoms with Crippen LogP contribution < -0.4 is 10.6 Å². The zero-order chi connectivity index (χ0) is 24.2. The van der Waals surface area contributed by atoms with Gasteiger partial charge < -0.3 is 15.0 Å². The van der Waals surface area contributed by atoms with Crippen molar-refractivity contribution in [2.45, 2.75) is 71.6 Å². The number of benzene rings is 1. The van der Waals surface area contributed by atoms with E-state index in [1.54, 1.807) is 38.7 Å². The molecule has 0 saturated carbocycles. The number of amides is 3. The Morgan fingerprint density at radius 1 is 1.09 bits per heavy atom. The lowest BCUT2D eigenvalue weighted by Crippen LogP contribution is -2.48.